The molecular weight excluding hydrogens is 354 g/mol. The molecule has 0 bridgehead atoms. The van der Waals surface area contributed by atoms with Crippen molar-refractivity contribution in [2.45, 2.75) is 32.4 Å². The lowest BCUT2D eigenvalue weighted by molar-refractivity contribution is 0.0506. The number of aromatic amines is 1. The maximum atomic E-state index is 9.53. The van der Waals surface area contributed by atoms with Gasteiger partial charge in [0.15, 0.2) is 0 Å². The van der Waals surface area contributed by atoms with Gasteiger partial charge in [0.05, 0.1) is 18.2 Å². The molecule has 0 radical (unpaired) electrons. The Bertz CT molecular complexity index is 909. The van der Waals surface area contributed by atoms with Crippen molar-refractivity contribution in [3.05, 3.63) is 28.4 Å². The van der Waals surface area contributed by atoms with Crippen LogP contribution in [0.1, 0.15) is 23.1 Å². The Balaban J connectivity index is 1.70. The van der Waals surface area contributed by atoms with Crippen LogP contribution in [0.5, 0.6) is 6.01 Å². The van der Waals surface area contributed by atoms with E-state index in [1.807, 2.05) is 6.20 Å². The van der Waals surface area contributed by atoms with Crippen LogP contribution in [0, 0.1) is 0 Å². The quantitative estimate of drug-likeness (QED) is 0.595. The zero-order valence-corrected chi connectivity index (χ0v) is 15.3. The molecule has 1 atom stereocenters. The summed E-state index contributed by atoms with van der Waals surface area (Å²) in [5.41, 5.74) is 2.35. The van der Waals surface area contributed by atoms with Crippen LogP contribution in [-0.4, -0.2) is 56.2 Å². The molecule has 0 spiro atoms. The summed E-state index contributed by atoms with van der Waals surface area (Å²) >= 11 is 1.63. The minimum absolute atomic E-state index is 0.0423. The fourth-order valence-electron chi connectivity index (χ4n) is 3.04. The average molecular weight is 375 g/mol. The zero-order valence-electron chi connectivity index (χ0n) is 14.5. The molecule has 0 amide bonds. The molecule has 8 nitrogen and oxygen atoms in total. The van der Waals surface area contributed by atoms with E-state index in [1.165, 1.54) is 16.1 Å². The zero-order chi connectivity index (χ0) is 18.1. The lowest BCUT2D eigenvalue weighted by atomic mass is 10.1. The molecule has 1 unspecified atom stereocenters. The Kier molecular flexibility index (Phi) is 4.75. The number of aliphatic hydroxyl groups excluding tert-OH is 2. The van der Waals surface area contributed by atoms with Gasteiger partial charge in [-0.2, -0.15) is 15.1 Å². The van der Waals surface area contributed by atoms with E-state index in [4.69, 9.17) is 9.84 Å². The molecular formula is C17H21N5O3S. The highest BCUT2D eigenvalue weighted by molar-refractivity contribution is 7.18. The topological polar surface area (TPSA) is 107 Å². The second-order valence-electron chi connectivity index (χ2n) is 6.31. The van der Waals surface area contributed by atoms with Gasteiger partial charge in [-0.25, -0.2) is 0 Å². The Hall–Kier alpha value is -2.23. The molecule has 0 saturated carbocycles. The molecule has 9 heteroatoms. The van der Waals surface area contributed by atoms with Crippen LogP contribution in [0.25, 0.3) is 10.2 Å². The molecule has 0 aromatic carbocycles. The van der Waals surface area contributed by atoms with Gasteiger partial charge in [0.25, 0.3) is 0 Å². The number of thiophene rings is 1. The monoisotopic (exact) mass is 375 g/mol. The van der Waals surface area contributed by atoms with E-state index in [-0.39, 0.29) is 19.2 Å². The fourth-order valence-corrected chi connectivity index (χ4v) is 4.00. The van der Waals surface area contributed by atoms with E-state index >= 15 is 0 Å². The highest BCUT2D eigenvalue weighted by atomic mass is 32.1. The number of hydrogen-bond donors (Lipinski definition) is 3. The summed E-state index contributed by atoms with van der Waals surface area (Å²) in [6, 6.07) is 2.37. The third-order valence-corrected chi connectivity index (χ3v) is 5.64. The Labute approximate surface area is 154 Å². The lowest BCUT2D eigenvalue weighted by Crippen LogP contribution is -2.31. The van der Waals surface area contributed by atoms with Gasteiger partial charge in [-0.15, -0.1) is 11.3 Å². The lowest BCUT2D eigenvalue weighted by Gasteiger charge is -2.28. The molecule has 0 fully saturated rings. The van der Waals surface area contributed by atoms with Crippen molar-refractivity contribution in [1.82, 2.24) is 20.2 Å². The van der Waals surface area contributed by atoms with Crippen LogP contribution in [0.4, 0.5) is 5.82 Å². The highest BCUT2D eigenvalue weighted by Gasteiger charge is 2.23. The SMILES string of the molecule is CCc1cc2c(N3CCc4[nH]ncc4C3)nc(OCC(O)CO)nc2s1. The Morgan fingerprint density at radius 3 is 3.12 bits per heavy atom. The average Bonchev–Trinajstić information content (AvgIpc) is 3.30. The summed E-state index contributed by atoms with van der Waals surface area (Å²) in [6.07, 6.45) is 2.73. The summed E-state index contributed by atoms with van der Waals surface area (Å²) in [5, 5.41) is 26.7. The number of ether oxygens (including phenoxy) is 1. The predicted molar refractivity (Wildman–Crippen MR) is 98.7 cm³/mol. The molecule has 3 aromatic rings. The van der Waals surface area contributed by atoms with E-state index < -0.39 is 6.10 Å². The van der Waals surface area contributed by atoms with Crippen molar-refractivity contribution >= 4 is 27.4 Å². The van der Waals surface area contributed by atoms with E-state index in [0.29, 0.717) is 0 Å². The molecule has 4 heterocycles. The highest BCUT2D eigenvalue weighted by Crippen LogP contribution is 2.34. The van der Waals surface area contributed by atoms with E-state index in [1.54, 1.807) is 11.3 Å². The largest absolute Gasteiger partial charge is 0.461 e. The van der Waals surface area contributed by atoms with Gasteiger partial charge < -0.3 is 19.8 Å². The molecule has 1 aliphatic heterocycles. The first-order chi connectivity index (χ1) is 12.7. The van der Waals surface area contributed by atoms with Crippen molar-refractivity contribution in [3.8, 4) is 6.01 Å². The summed E-state index contributed by atoms with van der Waals surface area (Å²) in [4.78, 5) is 13.4. The van der Waals surface area contributed by atoms with Crippen LogP contribution >= 0.6 is 11.3 Å². The summed E-state index contributed by atoms with van der Waals surface area (Å²) in [5.74, 6) is 0.839. The first kappa shape index (κ1) is 17.2. The second kappa shape index (κ2) is 7.18. The third-order valence-electron chi connectivity index (χ3n) is 4.47. The van der Waals surface area contributed by atoms with Crippen molar-refractivity contribution in [1.29, 1.82) is 0 Å². The normalized spacial score (nSPS) is 15.3. The number of anilines is 1. The molecule has 3 aromatic heterocycles. The van der Waals surface area contributed by atoms with Gasteiger partial charge >= 0.3 is 6.01 Å². The van der Waals surface area contributed by atoms with Crippen molar-refractivity contribution < 1.29 is 14.9 Å². The fraction of sp³-hybridized carbons (Fsp3) is 0.471. The maximum Gasteiger partial charge on any atom is 0.319 e. The van der Waals surface area contributed by atoms with E-state index in [2.05, 4.69) is 38.1 Å². The summed E-state index contributed by atoms with van der Waals surface area (Å²) < 4.78 is 5.52. The number of aliphatic hydroxyl groups is 2. The predicted octanol–water partition coefficient (Wildman–Crippen LogP) is 1.27. The van der Waals surface area contributed by atoms with Crippen LogP contribution in [-0.2, 0) is 19.4 Å². The van der Waals surface area contributed by atoms with Crippen LogP contribution in [0.3, 0.4) is 0 Å². The third kappa shape index (κ3) is 3.25. The molecule has 3 N–H and O–H groups in total. The molecule has 0 saturated heterocycles. The first-order valence-electron chi connectivity index (χ1n) is 8.66. The van der Waals surface area contributed by atoms with Crippen molar-refractivity contribution in [3.63, 3.8) is 0 Å². The summed E-state index contributed by atoms with van der Waals surface area (Å²) in [7, 11) is 0. The van der Waals surface area contributed by atoms with Gasteiger partial charge in [-0.3, -0.25) is 5.10 Å². The van der Waals surface area contributed by atoms with Crippen LogP contribution in [0.15, 0.2) is 12.3 Å². The molecule has 1 aliphatic rings. The Morgan fingerprint density at radius 2 is 2.31 bits per heavy atom. The van der Waals surface area contributed by atoms with Crippen molar-refractivity contribution in [2.24, 2.45) is 0 Å². The van der Waals surface area contributed by atoms with Crippen LogP contribution in [0.2, 0.25) is 0 Å². The number of nitrogens with one attached hydrogen (secondary N) is 1. The molecule has 0 aliphatic carbocycles. The first-order valence-corrected chi connectivity index (χ1v) is 9.47. The van der Waals surface area contributed by atoms with Crippen LogP contribution < -0.4 is 9.64 Å². The number of H-pyrrole nitrogens is 1. The second-order valence-corrected chi connectivity index (χ2v) is 7.42. The van der Waals surface area contributed by atoms with Gasteiger partial charge in [-0.05, 0) is 12.5 Å². The number of hydrogen-bond acceptors (Lipinski definition) is 8. The minimum atomic E-state index is -0.948. The van der Waals surface area contributed by atoms with E-state index in [9.17, 15) is 5.11 Å². The maximum absolute atomic E-state index is 9.53. The smallest absolute Gasteiger partial charge is 0.319 e. The standard InChI is InChI=1S/C17H21N5O3S/c1-2-12-5-13-15(22-4-3-14-10(7-22)6-18-21-14)19-17(20-16(13)26-12)25-9-11(24)8-23/h5-6,11,23-24H,2-4,7-9H2,1H3,(H,18,21). The Morgan fingerprint density at radius 1 is 1.42 bits per heavy atom. The molecule has 4 rings (SSSR count). The number of fused-ring (bicyclic) bond motifs is 2. The van der Waals surface area contributed by atoms with Gasteiger partial charge in [0.2, 0.25) is 0 Å². The van der Waals surface area contributed by atoms with Crippen molar-refractivity contribution in [2.75, 3.05) is 24.7 Å². The number of aromatic nitrogens is 4. The molecule has 26 heavy (non-hydrogen) atoms. The van der Waals surface area contributed by atoms with Gasteiger partial charge in [0.1, 0.15) is 23.4 Å². The number of aryl methyl sites for hydroxylation is 1. The minimum Gasteiger partial charge on any atom is -0.461 e. The van der Waals surface area contributed by atoms with Gasteiger partial charge in [-0.1, -0.05) is 6.92 Å². The molecule has 138 valence electrons. The van der Waals surface area contributed by atoms with Gasteiger partial charge in [0, 0.05) is 35.6 Å². The summed E-state index contributed by atoms with van der Waals surface area (Å²) in [6.45, 7) is 3.28. The number of nitrogens with zero attached hydrogens (tertiary/aromatic N) is 4. The van der Waals surface area contributed by atoms with E-state index in [0.717, 1.165) is 42.0 Å². The number of rotatable bonds is 6.